The molecule has 0 fully saturated rings. The van der Waals surface area contributed by atoms with E-state index in [9.17, 15) is 4.79 Å². The molecule has 2 aromatic carbocycles. The topological polar surface area (TPSA) is 34.9 Å². The first kappa shape index (κ1) is 16.1. The van der Waals surface area contributed by atoms with Gasteiger partial charge < -0.3 is 0 Å². The maximum Gasteiger partial charge on any atom is 0.266 e. The van der Waals surface area contributed by atoms with Crippen molar-refractivity contribution < 1.29 is 0 Å². The monoisotopic (exact) mass is 362 g/mol. The largest absolute Gasteiger partial charge is 0.268 e. The molecule has 0 aliphatic carbocycles. The molecule has 0 saturated carbocycles. The predicted octanol–water partition coefficient (Wildman–Crippen LogP) is 4.97. The van der Waals surface area contributed by atoms with E-state index in [0.29, 0.717) is 37.5 Å². The summed E-state index contributed by atoms with van der Waals surface area (Å²) in [6.45, 7) is 3.71. The molecule has 1 aromatic heterocycles. The Bertz CT molecular complexity index is 953. The van der Waals surface area contributed by atoms with Crippen molar-refractivity contribution in [2.24, 2.45) is 0 Å². The van der Waals surface area contributed by atoms with E-state index in [4.69, 9.17) is 23.2 Å². The second kappa shape index (κ2) is 6.79. The summed E-state index contributed by atoms with van der Waals surface area (Å²) in [6, 6.07) is 12.3. The third-order valence-corrected chi connectivity index (χ3v) is 4.70. The molecule has 0 radical (unpaired) electrons. The van der Waals surface area contributed by atoms with Gasteiger partial charge in [0, 0.05) is 10.8 Å². The van der Waals surface area contributed by atoms with Crippen LogP contribution in [0.5, 0.6) is 0 Å². The van der Waals surface area contributed by atoms with Crippen LogP contribution in [0.15, 0.2) is 65.1 Å². The van der Waals surface area contributed by atoms with E-state index < -0.39 is 0 Å². The summed E-state index contributed by atoms with van der Waals surface area (Å²) < 4.78 is 1.52. The van der Waals surface area contributed by atoms with Crippen molar-refractivity contribution in [2.75, 3.05) is 5.75 Å². The Morgan fingerprint density at radius 2 is 2.00 bits per heavy atom. The Morgan fingerprint density at radius 3 is 2.74 bits per heavy atom. The molecule has 6 heteroatoms. The number of thioether (sulfide) groups is 1. The molecule has 0 aliphatic heterocycles. The predicted molar refractivity (Wildman–Crippen MR) is 98.3 cm³/mol. The molecule has 0 aliphatic rings. The maximum absolute atomic E-state index is 12.9. The number of benzene rings is 2. The van der Waals surface area contributed by atoms with E-state index in [0.717, 1.165) is 0 Å². The normalized spacial score (nSPS) is 10.9. The molecule has 0 atom stereocenters. The highest BCUT2D eigenvalue weighted by Gasteiger charge is 2.15. The van der Waals surface area contributed by atoms with Crippen LogP contribution in [0.2, 0.25) is 10.0 Å². The highest BCUT2D eigenvalue weighted by molar-refractivity contribution is 7.99. The zero-order valence-electron chi connectivity index (χ0n) is 12.0. The van der Waals surface area contributed by atoms with Gasteiger partial charge >= 0.3 is 0 Å². The van der Waals surface area contributed by atoms with Gasteiger partial charge in [0.05, 0.1) is 21.6 Å². The minimum atomic E-state index is -0.161. The standard InChI is InChI=1S/C17H12Cl2N2OS/c1-2-9-23-17-20-14-6-4-3-5-12(14)16(22)21(17)15-8-7-11(18)10-13(15)19/h2-8,10H,1,9H2. The van der Waals surface area contributed by atoms with Crippen LogP contribution in [0, 0.1) is 0 Å². The molecule has 0 bridgehead atoms. The van der Waals surface area contributed by atoms with Crippen LogP contribution in [0.4, 0.5) is 0 Å². The van der Waals surface area contributed by atoms with Crippen molar-refractivity contribution in [2.45, 2.75) is 5.16 Å². The van der Waals surface area contributed by atoms with Crippen molar-refractivity contribution in [3.05, 3.63) is 75.5 Å². The fourth-order valence-corrected chi connectivity index (χ4v) is 3.45. The highest BCUT2D eigenvalue weighted by atomic mass is 35.5. The fourth-order valence-electron chi connectivity index (χ4n) is 2.22. The van der Waals surface area contributed by atoms with Crippen LogP contribution in [0.3, 0.4) is 0 Å². The van der Waals surface area contributed by atoms with Crippen LogP contribution in [0.25, 0.3) is 16.6 Å². The summed E-state index contributed by atoms with van der Waals surface area (Å²) in [6.07, 6.45) is 1.76. The number of rotatable bonds is 4. The summed E-state index contributed by atoms with van der Waals surface area (Å²) in [5.41, 5.74) is 1.06. The molecule has 3 aromatic rings. The van der Waals surface area contributed by atoms with Crippen molar-refractivity contribution in [1.29, 1.82) is 0 Å². The van der Waals surface area contributed by atoms with Crippen LogP contribution in [-0.4, -0.2) is 15.3 Å². The summed E-state index contributed by atoms with van der Waals surface area (Å²) >= 11 is 13.7. The molecule has 3 nitrogen and oxygen atoms in total. The summed E-state index contributed by atoms with van der Waals surface area (Å²) in [5, 5.41) is 2.03. The van der Waals surface area contributed by atoms with Gasteiger partial charge in [-0.25, -0.2) is 4.98 Å². The molecule has 0 saturated heterocycles. The van der Waals surface area contributed by atoms with Gasteiger partial charge in [0.15, 0.2) is 5.16 Å². The van der Waals surface area contributed by atoms with Crippen molar-refractivity contribution in [1.82, 2.24) is 9.55 Å². The number of halogens is 2. The molecular weight excluding hydrogens is 351 g/mol. The van der Waals surface area contributed by atoms with E-state index in [2.05, 4.69) is 11.6 Å². The average Bonchev–Trinajstić information content (AvgIpc) is 2.54. The number of aromatic nitrogens is 2. The molecule has 1 heterocycles. The van der Waals surface area contributed by atoms with E-state index in [1.807, 2.05) is 18.2 Å². The lowest BCUT2D eigenvalue weighted by molar-refractivity contribution is 0.821. The molecule has 0 spiro atoms. The van der Waals surface area contributed by atoms with Gasteiger partial charge in [0.2, 0.25) is 0 Å². The number of fused-ring (bicyclic) bond motifs is 1. The third-order valence-electron chi connectivity index (χ3n) is 3.23. The number of nitrogens with zero attached hydrogens (tertiary/aromatic N) is 2. The van der Waals surface area contributed by atoms with Gasteiger partial charge in [0.1, 0.15) is 0 Å². The average molecular weight is 363 g/mol. The first-order valence-electron chi connectivity index (χ1n) is 6.82. The summed E-state index contributed by atoms with van der Waals surface area (Å²) in [7, 11) is 0. The molecule has 23 heavy (non-hydrogen) atoms. The first-order valence-corrected chi connectivity index (χ1v) is 8.57. The van der Waals surface area contributed by atoms with E-state index in [1.54, 1.807) is 30.3 Å². The Morgan fingerprint density at radius 1 is 1.22 bits per heavy atom. The van der Waals surface area contributed by atoms with Crippen LogP contribution >= 0.6 is 35.0 Å². The molecule has 0 N–H and O–H groups in total. The van der Waals surface area contributed by atoms with Gasteiger partial charge in [-0.15, -0.1) is 6.58 Å². The third kappa shape index (κ3) is 3.15. The Balaban J connectivity index is 2.34. The molecular formula is C17H12Cl2N2OS. The van der Waals surface area contributed by atoms with Crippen molar-refractivity contribution >= 4 is 45.9 Å². The van der Waals surface area contributed by atoms with Crippen molar-refractivity contribution in [3.63, 3.8) is 0 Å². The molecule has 116 valence electrons. The minimum Gasteiger partial charge on any atom is -0.268 e. The lowest BCUT2D eigenvalue weighted by Gasteiger charge is -2.14. The van der Waals surface area contributed by atoms with Crippen LogP contribution < -0.4 is 5.56 Å². The second-order valence-electron chi connectivity index (χ2n) is 4.75. The van der Waals surface area contributed by atoms with Gasteiger partial charge in [0.25, 0.3) is 5.56 Å². The smallest absolute Gasteiger partial charge is 0.266 e. The molecule has 0 unspecified atom stereocenters. The lowest BCUT2D eigenvalue weighted by atomic mass is 10.2. The van der Waals surface area contributed by atoms with Crippen LogP contribution in [-0.2, 0) is 0 Å². The Hall–Kier alpha value is -1.75. The number of para-hydroxylation sites is 1. The Kier molecular flexibility index (Phi) is 4.76. The van der Waals surface area contributed by atoms with E-state index >= 15 is 0 Å². The number of hydrogen-bond acceptors (Lipinski definition) is 3. The molecule has 0 amide bonds. The minimum absolute atomic E-state index is 0.161. The van der Waals surface area contributed by atoms with Gasteiger partial charge in [-0.2, -0.15) is 0 Å². The maximum atomic E-state index is 12.9. The van der Waals surface area contributed by atoms with Gasteiger partial charge in [-0.3, -0.25) is 9.36 Å². The van der Waals surface area contributed by atoms with Gasteiger partial charge in [-0.1, -0.05) is 53.2 Å². The second-order valence-corrected chi connectivity index (χ2v) is 6.58. The quantitative estimate of drug-likeness (QED) is 0.373. The zero-order chi connectivity index (χ0) is 16.4. The molecule has 3 rings (SSSR count). The Labute approximate surface area is 147 Å². The SMILES string of the molecule is C=CCSc1nc2ccccc2c(=O)n1-c1ccc(Cl)cc1Cl. The number of hydrogen-bond donors (Lipinski definition) is 0. The summed E-state index contributed by atoms with van der Waals surface area (Å²) in [5.74, 6) is 0.635. The summed E-state index contributed by atoms with van der Waals surface area (Å²) in [4.78, 5) is 17.5. The van der Waals surface area contributed by atoms with Gasteiger partial charge in [-0.05, 0) is 30.3 Å². The lowest BCUT2D eigenvalue weighted by Crippen LogP contribution is -2.22. The van der Waals surface area contributed by atoms with Crippen LogP contribution in [0.1, 0.15) is 0 Å². The zero-order valence-corrected chi connectivity index (χ0v) is 14.3. The fraction of sp³-hybridized carbons (Fsp3) is 0.0588. The van der Waals surface area contributed by atoms with E-state index in [1.165, 1.54) is 16.3 Å². The van der Waals surface area contributed by atoms with Crippen molar-refractivity contribution in [3.8, 4) is 5.69 Å². The van der Waals surface area contributed by atoms with E-state index in [-0.39, 0.29) is 5.56 Å². The highest BCUT2D eigenvalue weighted by Crippen LogP contribution is 2.27. The first-order chi connectivity index (χ1) is 11.1.